The van der Waals surface area contributed by atoms with E-state index in [-0.39, 0.29) is 0 Å². The van der Waals surface area contributed by atoms with Crippen LogP contribution in [0.3, 0.4) is 0 Å². The molecule has 28 heavy (non-hydrogen) atoms. The Kier molecular flexibility index (Phi) is 7.31. The topological polar surface area (TPSA) is 60.1 Å². The average Bonchev–Trinajstić information content (AvgIpc) is 3.22. The summed E-state index contributed by atoms with van der Waals surface area (Å²) in [6.45, 7) is 11.9. The van der Waals surface area contributed by atoms with Crippen LogP contribution in [0.5, 0.6) is 0 Å². The standard InChI is InChI=1S/C21H32N6O/c1-4-26(20-7-5-6-18(2)16-20)10-9-23-21(22-3)27-13-11-25(12-14-27)17-19-8-15-28-24-19/h5-8,15-16H,4,9-14,17H2,1-3H3,(H,22,23). The van der Waals surface area contributed by atoms with Crippen molar-refractivity contribution in [3.8, 4) is 0 Å². The number of aromatic nitrogens is 1. The van der Waals surface area contributed by atoms with Gasteiger partial charge in [0.15, 0.2) is 5.96 Å². The minimum absolute atomic E-state index is 0.846. The normalized spacial score (nSPS) is 15.7. The fourth-order valence-electron chi connectivity index (χ4n) is 3.60. The van der Waals surface area contributed by atoms with Crippen LogP contribution in [-0.2, 0) is 6.54 Å². The third kappa shape index (κ3) is 5.48. The van der Waals surface area contributed by atoms with Crippen molar-refractivity contribution in [2.45, 2.75) is 20.4 Å². The summed E-state index contributed by atoms with van der Waals surface area (Å²) >= 11 is 0. The number of likely N-dealkylation sites (N-methyl/N-ethyl adjacent to an activating group) is 1. The first-order valence-electron chi connectivity index (χ1n) is 10.1. The second kappa shape index (κ2) is 10.1. The first-order chi connectivity index (χ1) is 13.7. The summed E-state index contributed by atoms with van der Waals surface area (Å²) in [6, 6.07) is 10.6. The zero-order valence-electron chi connectivity index (χ0n) is 17.3. The summed E-state index contributed by atoms with van der Waals surface area (Å²) < 4.78 is 4.92. The minimum atomic E-state index is 0.846. The van der Waals surface area contributed by atoms with E-state index < -0.39 is 0 Å². The van der Waals surface area contributed by atoms with Crippen molar-refractivity contribution in [2.24, 2.45) is 4.99 Å². The van der Waals surface area contributed by atoms with Gasteiger partial charge in [0, 0.05) is 71.2 Å². The van der Waals surface area contributed by atoms with Crippen molar-refractivity contribution < 1.29 is 4.52 Å². The van der Waals surface area contributed by atoms with Crippen LogP contribution in [0.2, 0.25) is 0 Å². The van der Waals surface area contributed by atoms with Gasteiger partial charge in [0.05, 0.1) is 5.69 Å². The zero-order chi connectivity index (χ0) is 19.8. The number of benzene rings is 1. The molecule has 1 aromatic heterocycles. The fraction of sp³-hybridized carbons (Fsp3) is 0.524. The number of anilines is 1. The number of aryl methyl sites for hydroxylation is 1. The van der Waals surface area contributed by atoms with Crippen molar-refractivity contribution in [3.05, 3.63) is 47.9 Å². The van der Waals surface area contributed by atoms with Gasteiger partial charge in [-0.3, -0.25) is 9.89 Å². The van der Waals surface area contributed by atoms with Gasteiger partial charge in [-0.2, -0.15) is 0 Å². The predicted molar refractivity (Wildman–Crippen MR) is 114 cm³/mol. The number of rotatable bonds is 7. The SMILES string of the molecule is CCN(CCNC(=NC)N1CCN(Cc2ccon2)CC1)c1cccc(C)c1. The Hall–Kier alpha value is -2.54. The van der Waals surface area contributed by atoms with E-state index in [0.29, 0.717) is 0 Å². The van der Waals surface area contributed by atoms with Crippen LogP contribution in [0, 0.1) is 6.92 Å². The first-order valence-corrected chi connectivity index (χ1v) is 10.1. The summed E-state index contributed by atoms with van der Waals surface area (Å²) in [5, 5.41) is 7.54. The number of nitrogens with zero attached hydrogens (tertiary/aromatic N) is 5. The lowest BCUT2D eigenvalue weighted by atomic mass is 10.2. The Morgan fingerprint density at radius 2 is 2.07 bits per heavy atom. The van der Waals surface area contributed by atoms with Crippen molar-refractivity contribution in [3.63, 3.8) is 0 Å². The molecule has 1 N–H and O–H groups in total. The maximum absolute atomic E-state index is 4.92. The van der Waals surface area contributed by atoms with Gasteiger partial charge in [-0.05, 0) is 31.5 Å². The molecule has 7 heteroatoms. The quantitative estimate of drug-likeness (QED) is 0.583. The van der Waals surface area contributed by atoms with Gasteiger partial charge in [-0.25, -0.2) is 0 Å². The Balaban J connectivity index is 1.44. The average molecular weight is 385 g/mol. The third-order valence-electron chi connectivity index (χ3n) is 5.17. The largest absolute Gasteiger partial charge is 0.370 e. The molecule has 0 saturated carbocycles. The van der Waals surface area contributed by atoms with Crippen LogP contribution in [-0.4, -0.2) is 73.8 Å². The van der Waals surface area contributed by atoms with Crippen LogP contribution in [0.1, 0.15) is 18.2 Å². The second-order valence-electron chi connectivity index (χ2n) is 7.15. The molecular formula is C21H32N6O. The molecule has 1 fully saturated rings. The molecule has 1 aliphatic rings. The molecule has 0 bridgehead atoms. The number of hydrogen-bond acceptors (Lipinski definition) is 5. The van der Waals surface area contributed by atoms with E-state index in [1.165, 1.54) is 11.3 Å². The number of nitrogens with one attached hydrogen (secondary N) is 1. The molecule has 0 atom stereocenters. The lowest BCUT2D eigenvalue weighted by molar-refractivity contribution is 0.169. The molecule has 7 nitrogen and oxygen atoms in total. The fourth-order valence-corrected chi connectivity index (χ4v) is 3.60. The highest BCUT2D eigenvalue weighted by molar-refractivity contribution is 5.80. The molecule has 1 saturated heterocycles. The molecule has 3 rings (SSSR count). The minimum Gasteiger partial charge on any atom is -0.370 e. The van der Waals surface area contributed by atoms with Crippen molar-refractivity contribution in [1.82, 2.24) is 20.3 Å². The van der Waals surface area contributed by atoms with E-state index in [0.717, 1.165) is 64.0 Å². The van der Waals surface area contributed by atoms with E-state index >= 15 is 0 Å². The Bertz CT molecular complexity index is 737. The number of hydrogen-bond donors (Lipinski definition) is 1. The molecule has 152 valence electrons. The Morgan fingerprint density at radius 3 is 2.71 bits per heavy atom. The highest BCUT2D eigenvalue weighted by atomic mass is 16.5. The molecule has 1 aliphatic heterocycles. The Morgan fingerprint density at radius 1 is 1.25 bits per heavy atom. The molecule has 2 aromatic rings. The van der Waals surface area contributed by atoms with E-state index in [1.54, 1.807) is 6.26 Å². The van der Waals surface area contributed by atoms with E-state index in [9.17, 15) is 0 Å². The lowest BCUT2D eigenvalue weighted by Crippen LogP contribution is -2.53. The molecule has 0 radical (unpaired) electrons. The monoisotopic (exact) mass is 384 g/mol. The first kappa shape index (κ1) is 20.2. The van der Waals surface area contributed by atoms with E-state index in [4.69, 9.17) is 4.52 Å². The van der Waals surface area contributed by atoms with Crippen LogP contribution in [0.4, 0.5) is 5.69 Å². The molecule has 0 aliphatic carbocycles. The second-order valence-corrected chi connectivity index (χ2v) is 7.15. The van der Waals surface area contributed by atoms with Crippen LogP contribution < -0.4 is 10.2 Å². The number of piperazine rings is 1. The molecule has 0 spiro atoms. The Labute approximate surface area is 168 Å². The number of guanidine groups is 1. The molecular weight excluding hydrogens is 352 g/mol. The van der Waals surface area contributed by atoms with Crippen LogP contribution >= 0.6 is 0 Å². The smallest absolute Gasteiger partial charge is 0.193 e. The van der Waals surface area contributed by atoms with Gasteiger partial charge in [-0.15, -0.1) is 0 Å². The molecule has 0 unspecified atom stereocenters. The summed E-state index contributed by atoms with van der Waals surface area (Å²) in [6.07, 6.45) is 1.63. The van der Waals surface area contributed by atoms with E-state index in [1.807, 2.05) is 13.1 Å². The van der Waals surface area contributed by atoms with Gasteiger partial charge in [0.1, 0.15) is 6.26 Å². The van der Waals surface area contributed by atoms with Gasteiger partial charge in [0.2, 0.25) is 0 Å². The molecule has 2 heterocycles. The predicted octanol–water partition coefficient (Wildman–Crippen LogP) is 2.20. The highest BCUT2D eigenvalue weighted by Gasteiger charge is 2.20. The summed E-state index contributed by atoms with van der Waals surface area (Å²) in [7, 11) is 1.86. The molecule has 0 amide bonds. The van der Waals surface area contributed by atoms with Crippen molar-refractivity contribution in [1.29, 1.82) is 0 Å². The number of aliphatic imine (C=N–C) groups is 1. The van der Waals surface area contributed by atoms with Gasteiger partial charge in [-0.1, -0.05) is 17.3 Å². The maximum Gasteiger partial charge on any atom is 0.193 e. The lowest BCUT2D eigenvalue weighted by Gasteiger charge is -2.36. The third-order valence-corrected chi connectivity index (χ3v) is 5.17. The van der Waals surface area contributed by atoms with Crippen LogP contribution in [0.25, 0.3) is 0 Å². The summed E-state index contributed by atoms with van der Waals surface area (Å²) in [4.78, 5) is 11.6. The van der Waals surface area contributed by atoms with Gasteiger partial charge in [0.25, 0.3) is 0 Å². The zero-order valence-corrected chi connectivity index (χ0v) is 17.3. The summed E-state index contributed by atoms with van der Waals surface area (Å²) in [5.41, 5.74) is 3.57. The highest BCUT2D eigenvalue weighted by Crippen LogP contribution is 2.15. The van der Waals surface area contributed by atoms with Gasteiger partial charge >= 0.3 is 0 Å². The van der Waals surface area contributed by atoms with Crippen molar-refractivity contribution in [2.75, 3.05) is 57.8 Å². The van der Waals surface area contributed by atoms with Crippen LogP contribution in [0.15, 0.2) is 46.1 Å². The molecule has 1 aromatic carbocycles. The maximum atomic E-state index is 4.92. The summed E-state index contributed by atoms with van der Waals surface area (Å²) in [5.74, 6) is 0.987. The van der Waals surface area contributed by atoms with E-state index in [2.05, 4.69) is 68.3 Å². The van der Waals surface area contributed by atoms with Gasteiger partial charge < -0.3 is 19.6 Å². The van der Waals surface area contributed by atoms with Crippen molar-refractivity contribution >= 4 is 11.6 Å².